The van der Waals surface area contributed by atoms with Crippen LogP contribution in [0, 0.1) is 0 Å². The molecule has 0 bridgehead atoms. The van der Waals surface area contributed by atoms with Crippen LogP contribution in [0.1, 0.15) is 15.9 Å². The van der Waals surface area contributed by atoms with Crippen molar-refractivity contribution in [2.24, 2.45) is 0 Å². The molecule has 2 aromatic rings. The zero-order chi connectivity index (χ0) is 12.4. The summed E-state index contributed by atoms with van der Waals surface area (Å²) >= 11 is 11.6. The van der Waals surface area contributed by atoms with Crippen molar-refractivity contribution in [3.05, 3.63) is 57.8 Å². The van der Waals surface area contributed by atoms with Crippen LogP contribution in [0.25, 0.3) is 0 Å². The number of hydrogen-bond acceptors (Lipinski definition) is 3. The molecule has 0 saturated carbocycles. The number of carbonyl (C=O) groups excluding carboxylic acids is 1. The van der Waals surface area contributed by atoms with Crippen LogP contribution in [0.3, 0.4) is 0 Å². The first kappa shape index (κ1) is 11.9. The van der Waals surface area contributed by atoms with E-state index in [9.17, 15) is 4.79 Å². The van der Waals surface area contributed by atoms with Crippen molar-refractivity contribution in [1.82, 2.24) is 4.98 Å². The molecule has 0 atom stereocenters. The molecule has 2 rings (SSSR count). The lowest BCUT2D eigenvalue weighted by Crippen LogP contribution is -2.05. The largest absolute Gasteiger partial charge is 0.398 e. The van der Waals surface area contributed by atoms with E-state index in [1.807, 2.05) is 0 Å². The SMILES string of the molecule is Nc1ccc(Cl)cc1C(=O)c1ccnc(Cl)c1. The summed E-state index contributed by atoms with van der Waals surface area (Å²) in [5, 5.41) is 0.721. The summed E-state index contributed by atoms with van der Waals surface area (Å²) in [6, 6.07) is 7.83. The second-order valence-electron chi connectivity index (χ2n) is 3.43. The molecule has 0 radical (unpaired) electrons. The minimum atomic E-state index is -0.227. The highest BCUT2D eigenvalue weighted by molar-refractivity contribution is 6.31. The number of nitrogen functional groups attached to an aromatic ring is 1. The average molecular weight is 267 g/mol. The molecule has 0 unspecified atom stereocenters. The Kier molecular flexibility index (Phi) is 3.31. The van der Waals surface area contributed by atoms with E-state index >= 15 is 0 Å². The van der Waals surface area contributed by atoms with Gasteiger partial charge >= 0.3 is 0 Å². The molecule has 0 fully saturated rings. The van der Waals surface area contributed by atoms with Crippen molar-refractivity contribution >= 4 is 34.7 Å². The van der Waals surface area contributed by atoms with Gasteiger partial charge in [-0.2, -0.15) is 0 Å². The van der Waals surface area contributed by atoms with E-state index < -0.39 is 0 Å². The third kappa shape index (κ3) is 2.57. The molecule has 0 aliphatic carbocycles. The molecule has 1 heterocycles. The first-order chi connectivity index (χ1) is 8.08. The highest BCUT2D eigenvalue weighted by atomic mass is 35.5. The number of rotatable bonds is 2. The monoisotopic (exact) mass is 266 g/mol. The van der Waals surface area contributed by atoms with Gasteiger partial charge in [0.25, 0.3) is 0 Å². The molecule has 3 nitrogen and oxygen atoms in total. The summed E-state index contributed by atoms with van der Waals surface area (Å²) in [5.74, 6) is -0.227. The zero-order valence-corrected chi connectivity index (χ0v) is 10.2. The maximum absolute atomic E-state index is 12.1. The van der Waals surface area contributed by atoms with Crippen LogP contribution in [-0.4, -0.2) is 10.8 Å². The summed E-state index contributed by atoms with van der Waals surface area (Å²) in [6.45, 7) is 0. The van der Waals surface area contributed by atoms with Gasteiger partial charge in [0.05, 0.1) is 0 Å². The molecule has 1 aromatic heterocycles. The van der Waals surface area contributed by atoms with Crippen molar-refractivity contribution in [2.45, 2.75) is 0 Å². The number of aromatic nitrogens is 1. The summed E-state index contributed by atoms with van der Waals surface area (Å²) in [6.07, 6.45) is 1.47. The van der Waals surface area contributed by atoms with Gasteiger partial charge in [-0.25, -0.2) is 4.98 Å². The lowest BCUT2D eigenvalue weighted by atomic mass is 10.0. The molecule has 0 amide bonds. The fourth-order valence-corrected chi connectivity index (χ4v) is 1.77. The van der Waals surface area contributed by atoms with Crippen LogP contribution < -0.4 is 5.73 Å². The Morgan fingerprint density at radius 1 is 1.18 bits per heavy atom. The van der Waals surface area contributed by atoms with Gasteiger partial charge in [0.15, 0.2) is 5.78 Å². The molecule has 2 N–H and O–H groups in total. The summed E-state index contributed by atoms with van der Waals surface area (Å²) < 4.78 is 0. The highest BCUT2D eigenvalue weighted by Gasteiger charge is 2.13. The Morgan fingerprint density at radius 2 is 1.94 bits per heavy atom. The Bertz CT molecular complexity index is 584. The van der Waals surface area contributed by atoms with Crippen molar-refractivity contribution in [2.75, 3.05) is 5.73 Å². The Hall–Kier alpha value is -1.58. The number of nitrogens with two attached hydrogens (primary N) is 1. The van der Waals surface area contributed by atoms with E-state index in [-0.39, 0.29) is 10.9 Å². The number of hydrogen-bond donors (Lipinski definition) is 1. The standard InChI is InChI=1S/C12H8Cl2N2O/c13-8-1-2-10(15)9(6-8)12(17)7-3-4-16-11(14)5-7/h1-6H,15H2. The molecule has 0 spiro atoms. The summed E-state index contributed by atoms with van der Waals surface area (Å²) in [5.41, 5.74) is 6.91. The van der Waals surface area contributed by atoms with Gasteiger partial charge in [-0.3, -0.25) is 4.79 Å². The number of carbonyl (C=O) groups is 1. The number of ketones is 1. The van der Waals surface area contributed by atoms with Gasteiger partial charge in [-0.1, -0.05) is 23.2 Å². The van der Waals surface area contributed by atoms with E-state index in [1.165, 1.54) is 18.3 Å². The van der Waals surface area contributed by atoms with Crippen LogP contribution in [0.5, 0.6) is 0 Å². The zero-order valence-electron chi connectivity index (χ0n) is 8.65. The van der Waals surface area contributed by atoms with Crippen molar-refractivity contribution < 1.29 is 4.79 Å². The molecule has 86 valence electrons. The van der Waals surface area contributed by atoms with Gasteiger partial charge in [0.1, 0.15) is 5.15 Å². The number of pyridine rings is 1. The van der Waals surface area contributed by atoms with Gasteiger partial charge in [0.2, 0.25) is 0 Å². The summed E-state index contributed by atoms with van der Waals surface area (Å²) in [4.78, 5) is 16.0. The molecule has 5 heteroatoms. The van der Waals surface area contributed by atoms with E-state index in [1.54, 1.807) is 18.2 Å². The minimum Gasteiger partial charge on any atom is -0.398 e. The lowest BCUT2D eigenvalue weighted by molar-refractivity contribution is 0.103. The predicted octanol–water partition coefficient (Wildman–Crippen LogP) is 3.20. The molecule has 0 aliphatic heterocycles. The van der Waals surface area contributed by atoms with Crippen molar-refractivity contribution in [3.63, 3.8) is 0 Å². The van der Waals surface area contributed by atoms with Crippen molar-refractivity contribution in [3.8, 4) is 0 Å². The van der Waals surface area contributed by atoms with Crippen LogP contribution in [-0.2, 0) is 0 Å². The van der Waals surface area contributed by atoms with Gasteiger partial charge in [0, 0.05) is 28.0 Å². The first-order valence-corrected chi connectivity index (χ1v) is 5.55. The number of benzene rings is 1. The summed E-state index contributed by atoms with van der Waals surface area (Å²) in [7, 11) is 0. The van der Waals surface area contributed by atoms with Gasteiger partial charge < -0.3 is 5.73 Å². The van der Waals surface area contributed by atoms with E-state index in [0.29, 0.717) is 21.8 Å². The van der Waals surface area contributed by atoms with E-state index in [2.05, 4.69) is 4.98 Å². The lowest BCUT2D eigenvalue weighted by Gasteiger charge is -2.05. The molecular weight excluding hydrogens is 259 g/mol. The highest BCUT2D eigenvalue weighted by Crippen LogP contribution is 2.21. The predicted molar refractivity (Wildman–Crippen MR) is 68.5 cm³/mol. The van der Waals surface area contributed by atoms with E-state index in [0.717, 1.165) is 0 Å². The molecule has 0 aliphatic rings. The first-order valence-electron chi connectivity index (χ1n) is 4.79. The third-order valence-electron chi connectivity index (χ3n) is 2.25. The van der Waals surface area contributed by atoms with Crippen LogP contribution in [0.15, 0.2) is 36.5 Å². The Balaban J connectivity index is 2.47. The van der Waals surface area contributed by atoms with E-state index in [4.69, 9.17) is 28.9 Å². The average Bonchev–Trinajstić information content (AvgIpc) is 2.31. The van der Waals surface area contributed by atoms with Gasteiger partial charge in [-0.05, 0) is 30.3 Å². The second-order valence-corrected chi connectivity index (χ2v) is 4.25. The number of halogens is 2. The molecule has 0 saturated heterocycles. The maximum Gasteiger partial charge on any atom is 0.195 e. The number of anilines is 1. The minimum absolute atomic E-state index is 0.227. The topological polar surface area (TPSA) is 56.0 Å². The maximum atomic E-state index is 12.1. The molecular formula is C12H8Cl2N2O. The number of nitrogens with zero attached hydrogens (tertiary/aromatic N) is 1. The molecule has 17 heavy (non-hydrogen) atoms. The Morgan fingerprint density at radius 3 is 2.65 bits per heavy atom. The van der Waals surface area contributed by atoms with Gasteiger partial charge in [-0.15, -0.1) is 0 Å². The van der Waals surface area contributed by atoms with Crippen molar-refractivity contribution in [1.29, 1.82) is 0 Å². The smallest absolute Gasteiger partial charge is 0.195 e. The van der Waals surface area contributed by atoms with Crippen LogP contribution in [0.4, 0.5) is 5.69 Å². The third-order valence-corrected chi connectivity index (χ3v) is 2.69. The molecule has 1 aromatic carbocycles. The Labute approximate surface area is 108 Å². The van der Waals surface area contributed by atoms with Crippen LogP contribution >= 0.6 is 23.2 Å². The normalized spacial score (nSPS) is 10.2. The fourth-order valence-electron chi connectivity index (χ4n) is 1.42. The van der Waals surface area contributed by atoms with Crippen LogP contribution in [0.2, 0.25) is 10.2 Å². The second kappa shape index (κ2) is 4.73. The fraction of sp³-hybridized carbons (Fsp3) is 0. The quantitative estimate of drug-likeness (QED) is 0.516.